The van der Waals surface area contributed by atoms with Crippen LogP contribution in [0.2, 0.25) is 5.02 Å². The van der Waals surface area contributed by atoms with Crippen molar-refractivity contribution >= 4 is 31.3 Å². The van der Waals surface area contributed by atoms with Crippen molar-refractivity contribution in [2.24, 2.45) is 0 Å². The van der Waals surface area contributed by atoms with Crippen LogP contribution in [-0.2, 0) is 25.4 Å². The molecular weight excluding hydrogens is 580 g/mol. The fraction of sp³-hybridized carbons (Fsp3) is 0.269. The highest BCUT2D eigenvalue weighted by Gasteiger charge is 2.29. The van der Waals surface area contributed by atoms with Gasteiger partial charge in [0.1, 0.15) is 22.9 Å². The molecule has 0 bridgehead atoms. The Hall–Kier alpha value is -3.52. The molecule has 0 amide bonds. The lowest BCUT2D eigenvalue weighted by Crippen LogP contribution is -2.20. The first-order valence-electron chi connectivity index (χ1n) is 11.8. The van der Waals surface area contributed by atoms with E-state index in [1.54, 1.807) is 30.6 Å². The fourth-order valence-corrected chi connectivity index (χ4v) is 6.82. The minimum atomic E-state index is -4.10. The molecule has 1 N–H and O–H groups in total. The number of aromatic nitrogens is 4. The van der Waals surface area contributed by atoms with Crippen molar-refractivity contribution in [3.8, 4) is 28.6 Å². The molecule has 0 saturated carbocycles. The molecule has 2 aromatic carbocycles. The van der Waals surface area contributed by atoms with Crippen LogP contribution in [-0.4, -0.2) is 67.9 Å². The molecule has 0 aliphatic carbocycles. The van der Waals surface area contributed by atoms with E-state index >= 15 is 0 Å². The molecule has 2 heterocycles. The lowest BCUT2D eigenvalue weighted by molar-refractivity contribution is 0.198. The van der Waals surface area contributed by atoms with Crippen molar-refractivity contribution in [2.75, 3.05) is 26.2 Å². The summed E-state index contributed by atoms with van der Waals surface area (Å²) >= 11 is 5.95. The van der Waals surface area contributed by atoms with Crippen LogP contribution in [0.15, 0.2) is 59.8 Å². The third-order valence-electron chi connectivity index (χ3n) is 5.98. The SMILES string of the molecule is COc1cccc(OC)c1-n1c(CS(=O)(=O)C[C@@H](O)c2ccc(Cl)cc2S(C)(=O)=O)nnc1-c1cncc(C)c1. The maximum Gasteiger partial charge on any atom is 0.175 e. The number of aryl methyl sites for hydroxylation is 1. The minimum Gasteiger partial charge on any atom is -0.494 e. The second-order valence-corrected chi connectivity index (χ2v) is 13.6. The van der Waals surface area contributed by atoms with Crippen LogP contribution in [0.3, 0.4) is 0 Å². The molecule has 0 fully saturated rings. The second kappa shape index (κ2) is 11.5. The molecule has 4 aromatic rings. The topological polar surface area (TPSA) is 151 Å². The molecule has 0 radical (unpaired) electrons. The van der Waals surface area contributed by atoms with Crippen LogP contribution in [0.25, 0.3) is 17.1 Å². The minimum absolute atomic E-state index is 0.0194. The Labute approximate surface area is 237 Å². The predicted octanol–water partition coefficient (Wildman–Crippen LogP) is 3.36. The van der Waals surface area contributed by atoms with Crippen LogP contribution in [0.5, 0.6) is 11.5 Å². The Morgan fingerprint density at radius 1 is 1.00 bits per heavy atom. The van der Waals surface area contributed by atoms with Gasteiger partial charge in [0.2, 0.25) is 0 Å². The Kier molecular flexibility index (Phi) is 8.49. The van der Waals surface area contributed by atoms with Crippen LogP contribution in [0.1, 0.15) is 23.1 Å². The van der Waals surface area contributed by atoms with Crippen LogP contribution >= 0.6 is 11.6 Å². The van der Waals surface area contributed by atoms with E-state index in [4.69, 9.17) is 21.1 Å². The van der Waals surface area contributed by atoms with E-state index < -0.39 is 37.3 Å². The number of nitrogens with zero attached hydrogens (tertiary/aromatic N) is 4. The monoisotopic (exact) mass is 606 g/mol. The Morgan fingerprint density at radius 2 is 1.68 bits per heavy atom. The molecule has 4 rings (SSSR count). The fourth-order valence-electron chi connectivity index (χ4n) is 4.25. The molecule has 0 spiro atoms. The van der Waals surface area contributed by atoms with Gasteiger partial charge in [-0.2, -0.15) is 0 Å². The molecule has 0 aliphatic heterocycles. The Bertz CT molecular complexity index is 1750. The predicted molar refractivity (Wildman–Crippen MR) is 149 cm³/mol. The van der Waals surface area contributed by atoms with E-state index in [2.05, 4.69) is 15.2 Å². The van der Waals surface area contributed by atoms with E-state index in [0.717, 1.165) is 11.8 Å². The summed E-state index contributed by atoms with van der Waals surface area (Å²) in [7, 11) is -4.97. The van der Waals surface area contributed by atoms with Gasteiger partial charge in [0.05, 0.1) is 31.0 Å². The number of methoxy groups -OCH3 is 2. The average molecular weight is 607 g/mol. The van der Waals surface area contributed by atoms with Gasteiger partial charge in [-0.1, -0.05) is 23.7 Å². The van der Waals surface area contributed by atoms with Gasteiger partial charge in [-0.3, -0.25) is 9.55 Å². The number of sulfone groups is 2. The summed E-state index contributed by atoms with van der Waals surface area (Å²) in [5, 5.41) is 19.4. The van der Waals surface area contributed by atoms with Crippen molar-refractivity contribution in [3.63, 3.8) is 0 Å². The molecular formula is C26H27ClN4O7S2. The van der Waals surface area contributed by atoms with Crippen molar-refractivity contribution in [1.82, 2.24) is 19.7 Å². The molecule has 0 aliphatic rings. The van der Waals surface area contributed by atoms with Gasteiger partial charge in [-0.15, -0.1) is 10.2 Å². The highest BCUT2D eigenvalue weighted by atomic mass is 35.5. The number of halogens is 1. The van der Waals surface area contributed by atoms with E-state index in [9.17, 15) is 21.9 Å². The van der Waals surface area contributed by atoms with E-state index in [1.165, 1.54) is 37.0 Å². The number of pyridine rings is 1. The molecule has 0 saturated heterocycles. The molecule has 11 nitrogen and oxygen atoms in total. The molecule has 1 atom stereocenters. The average Bonchev–Trinajstić information content (AvgIpc) is 3.29. The summed E-state index contributed by atoms with van der Waals surface area (Å²) in [5.41, 5.74) is 1.72. The standard InChI is InChI=1S/C26H27ClN4O7S2/c1-16-10-17(13-28-12-16)26-30-29-24(31(26)25-21(37-2)6-5-7-22(25)38-3)15-40(35,36)14-20(32)19-9-8-18(27)11-23(19)39(4,33)34/h5-13,20,32H,14-15H2,1-4H3/t20-/m1/s1. The summed E-state index contributed by atoms with van der Waals surface area (Å²) < 4.78 is 64.0. The second-order valence-electron chi connectivity index (χ2n) is 9.06. The molecule has 2 aromatic heterocycles. The highest BCUT2D eigenvalue weighted by molar-refractivity contribution is 7.91. The summed E-state index contributed by atoms with van der Waals surface area (Å²) in [6, 6.07) is 10.8. The first-order valence-corrected chi connectivity index (χ1v) is 15.9. The maximum atomic E-state index is 13.4. The summed E-state index contributed by atoms with van der Waals surface area (Å²) in [4.78, 5) is 3.97. The van der Waals surface area contributed by atoms with Crippen LogP contribution in [0.4, 0.5) is 0 Å². The molecule has 40 heavy (non-hydrogen) atoms. The Morgan fingerprint density at radius 3 is 2.27 bits per heavy atom. The third kappa shape index (κ3) is 6.28. The Balaban J connectivity index is 1.81. The van der Waals surface area contributed by atoms with E-state index in [1.807, 2.05) is 13.0 Å². The first kappa shape index (κ1) is 29.5. The number of rotatable bonds is 10. The highest BCUT2D eigenvalue weighted by Crippen LogP contribution is 2.37. The first-order chi connectivity index (χ1) is 18.8. The number of benzene rings is 2. The number of ether oxygens (including phenoxy) is 2. The summed E-state index contributed by atoms with van der Waals surface area (Å²) in [5.74, 6) is -0.363. The van der Waals surface area contributed by atoms with Crippen molar-refractivity contribution in [1.29, 1.82) is 0 Å². The zero-order chi connectivity index (χ0) is 29.2. The molecule has 212 valence electrons. The number of aliphatic hydroxyl groups excluding tert-OH is 1. The number of para-hydroxylation sites is 1. The molecule has 0 unspecified atom stereocenters. The van der Waals surface area contributed by atoms with Crippen LogP contribution in [0, 0.1) is 6.92 Å². The lowest BCUT2D eigenvalue weighted by atomic mass is 10.1. The zero-order valence-corrected chi connectivity index (χ0v) is 24.5. The third-order valence-corrected chi connectivity index (χ3v) is 8.89. The maximum absolute atomic E-state index is 13.4. The smallest absolute Gasteiger partial charge is 0.175 e. The van der Waals surface area contributed by atoms with Gasteiger partial charge in [-0.05, 0) is 42.8 Å². The zero-order valence-electron chi connectivity index (χ0n) is 22.1. The van der Waals surface area contributed by atoms with Crippen molar-refractivity contribution in [2.45, 2.75) is 23.7 Å². The van der Waals surface area contributed by atoms with Gasteiger partial charge in [0.15, 0.2) is 31.3 Å². The van der Waals surface area contributed by atoms with Gasteiger partial charge < -0.3 is 14.6 Å². The number of hydrogen-bond donors (Lipinski definition) is 1. The van der Waals surface area contributed by atoms with E-state index in [0.29, 0.717) is 28.6 Å². The quantitative estimate of drug-likeness (QED) is 0.284. The van der Waals surface area contributed by atoms with Gasteiger partial charge in [-0.25, -0.2) is 16.8 Å². The molecule has 14 heteroatoms. The number of aliphatic hydroxyl groups is 1. The van der Waals surface area contributed by atoms with E-state index in [-0.39, 0.29) is 21.3 Å². The normalized spacial score (nSPS) is 12.8. The largest absolute Gasteiger partial charge is 0.494 e. The van der Waals surface area contributed by atoms with Gasteiger partial charge in [0, 0.05) is 34.8 Å². The van der Waals surface area contributed by atoms with Crippen molar-refractivity contribution in [3.05, 3.63) is 76.8 Å². The van der Waals surface area contributed by atoms with Gasteiger partial charge >= 0.3 is 0 Å². The van der Waals surface area contributed by atoms with Crippen LogP contribution < -0.4 is 9.47 Å². The van der Waals surface area contributed by atoms with Gasteiger partial charge in [0.25, 0.3) is 0 Å². The number of hydrogen-bond acceptors (Lipinski definition) is 10. The van der Waals surface area contributed by atoms with Crippen molar-refractivity contribution < 1.29 is 31.4 Å². The summed E-state index contributed by atoms with van der Waals surface area (Å²) in [6.07, 6.45) is 2.55. The summed E-state index contributed by atoms with van der Waals surface area (Å²) in [6.45, 7) is 1.86. The lowest BCUT2D eigenvalue weighted by Gasteiger charge is -2.18.